The van der Waals surface area contributed by atoms with Crippen molar-refractivity contribution in [3.05, 3.63) is 77.6 Å². The van der Waals surface area contributed by atoms with Gasteiger partial charge in [-0.15, -0.1) is 0 Å². The predicted octanol–water partition coefficient (Wildman–Crippen LogP) is 3.49. The number of benzene rings is 2. The summed E-state index contributed by atoms with van der Waals surface area (Å²) in [7, 11) is -4.08. The van der Waals surface area contributed by atoms with Crippen LogP contribution in [0.4, 0.5) is 5.69 Å². The summed E-state index contributed by atoms with van der Waals surface area (Å²) in [5.74, 6) is -0.747. The SMILES string of the molecule is CC(c1ccccc1)n1nc(C(C)(C)C)cc1C(=O)NS(=O)(=O)c1cccc(N)c1. The molecule has 0 fully saturated rings. The maximum absolute atomic E-state index is 13.0. The van der Waals surface area contributed by atoms with Crippen LogP contribution in [-0.2, 0) is 15.4 Å². The van der Waals surface area contributed by atoms with Crippen LogP contribution >= 0.6 is 0 Å². The zero-order valence-electron chi connectivity index (χ0n) is 17.5. The van der Waals surface area contributed by atoms with Crippen molar-refractivity contribution in [2.75, 3.05) is 5.73 Å². The molecule has 3 aromatic rings. The van der Waals surface area contributed by atoms with Crippen LogP contribution in [0.5, 0.6) is 0 Å². The molecule has 0 saturated carbocycles. The van der Waals surface area contributed by atoms with E-state index in [9.17, 15) is 13.2 Å². The van der Waals surface area contributed by atoms with Gasteiger partial charge in [0.2, 0.25) is 0 Å². The van der Waals surface area contributed by atoms with Crippen molar-refractivity contribution in [3.8, 4) is 0 Å². The van der Waals surface area contributed by atoms with Gasteiger partial charge >= 0.3 is 0 Å². The Morgan fingerprint density at radius 3 is 2.33 bits per heavy atom. The normalized spacial score (nSPS) is 13.1. The first kappa shape index (κ1) is 21.6. The van der Waals surface area contributed by atoms with Gasteiger partial charge in [-0.3, -0.25) is 9.48 Å². The highest BCUT2D eigenvalue weighted by molar-refractivity contribution is 7.90. The largest absolute Gasteiger partial charge is 0.399 e. The summed E-state index contributed by atoms with van der Waals surface area (Å²) in [5.41, 5.74) is 7.48. The second-order valence-corrected chi connectivity index (χ2v) is 9.89. The van der Waals surface area contributed by atoms with Crippen LogP contribution in [0.3, 0.4) is 0 Å². The molecule has 0 aliphatic carbocycles. The molecule has 0 bridgehead atoms. The van der Waals surface area contributed by atoms with E-state index in [1.54, 1.807) is 16.8 Å². The molecule has 3 N–H and O–H groups in total. The van der Waals surface area contributed by atoms with Gasteiger partial charge in [-0.05, 0) is 36.8 Å². The first-order chi connectivity index (χ1) is 14.0. The first-order valence-corrected chi connectivity index (χ1v) is 11.0. The summed E-state index contributed by atoms with van der Waals surface area (Å²) < 4.78 is 29.1. The minimum Gasteiger partial charge on any atom is -0.399 e. The van der Waals surface area contributed by atoms with E-state index in [2.05, 4.69) is 9.82 Å². The third kappa shape index (κ3) is 4.54. The van der Waals surface area contributed by atoms with E-state index in [0.717, 1.165) is 5.56 Å². The summed E-state index contributed by atoms with van der Waals surface area (Å²) in [5, 5.41) is 4.64. The highest BCUT2D eigenvalue weighted by Crippen LogP contribution is 2.26. The van der Waals surface area contributed by atoms with Gasteiger partial charge in [-0.2, -0.15) is 5.10 Å². The van der Waals surface area contributed by atoms with Crippen LogP contribution in [0.2, 0.25) is 0 Å². The molecular weight excluding hydrogens is 400 g/mol. The maximum Gasteiger partial charge on any atom is 0.283 e. The van der Waals surface area contributed by atoms with Crippen LogP contribution in [0.1, 0.15) is 55.5 Å². The van der Waals surface area contributed by atoms with Crippen LogP contribution in [0.25, 0.3) is 0 Å². The minimum atomic E-state index is -4.08. The summed E-state index contributed by atoms with van der Waals surface area (Å²) in [4.78, 5) is 13.0. The number of aromatic nitrogens is 2. The van der Waals surface area contributed by atoms with E-state index in [1.807, 2.05) is 58.0 Å². The number of rotatable bonds is 5. The molecule has 3 rings (SSSR count). The predicted molar refractivity (Wildman–Crippen MR) is 117 cm³/mol. The maximum atomic E-state index is 13.0. The number of hydrogen-bond donors (Lipinski definition) is 2. The second-order valence-electron chi connectivity index (χ2n) is 8.20. The van der Waals surface area contributed by atoms with E-state index in [0.29, 0.717) is 11.4 Å². The van der Waals surface area contributed by atoms with E-state index in [-0.39, 0.29) is 22.0 Å². The number of hydrogen-bond acceptors (Lipinski definition) is 5. The standard InChI is InChI=1S/C22H26N4O3S/c1-15(16-9-6-5-7-10-16)26-19(14-20(24-26)22(2,3)4)21(27)25-30(28,29)18-12-8-11-17(23)13-18/h5-15H,23H2,1-4H3,(H,25,27). The minimum absolute atomic E-state index is 0.0749. The molecule has 30 heavy (non-hydrogen) atoms. The molecule has 0 spiro atoms. The fourth-order valence-corrected chi connectivity index (χ4v) is 4.03. The Labute approximate surface area is 177 Å². The molecule has 1 atom stereocenters. The van der Waals surface area contributed by atoms with Crippen molar-refractivity contribution < 1.29 is 13.2 Å². The summed E-state index contributed by atoms with van der Waals surface area (Å²) in [6.07, 6.45) is 0. The Balaban J connectivity index is 2.01. The van der Waals surface area contributed by atoms with Crippen molar-refractivity contribution in [2.45, 2.75) is 44.0 Å². The number of nitrogens with zero attached hydrogens (tertiary/aromatic N) is 2. The van der Waals surface area contributed by atoms with E-state index in [1.165, 1.54) is 18.2 Å². The zero-order chi connectivity index (χ0) is 22.1. The third-order valence-electron chi connectivity index (χ3n) is 4.78. The van der Waals surface area contributed by atoms with Crippen molar-refractivity contribution in [1.29, 1.82) is 0 Å². The van der Waals surface area contributed by atoms with Crippen LogP contribution in [0, 0.1) is 0 Å². The molecule has 2 aromatic carbocycles. The summed E-state index contributed by atoms with van der Waals surface area (Å²) in [6.45, 7) is 7.87. The molecular formula is C22H26N4O3S. The van der Waals surface area contributed by atoms with Crippen LogP contribution in [0.15, 0.2) is 65.6 Å². The van der Waals surface area contributed by atoms with E-state index >= 15 is 0 Å². The number of amides is 1. The van der Waals surface area contributed by atoms with Gasteiger partial charge in [-0.1, -0.05) is 57.2 Å². The monoisotopic (exact) mass is 426 g/mol. The quantitative estimate of drug-likeness (QED) is 0.607. The fraction of sp³-hybridized carbons (Fsp3) is 0.273. The number of nitrogens with two attached hydrogens (primary N) is 1. The summed E-state index contributed by atoms with van der Waals surface area (Å²) in [6, 6.07) is 16.8. The molecule has 8 heteroatoms. The Morgan fingerprint density at radius 1 is 1.07 bits per heavy atom. The molecule has 0 aliphatic rings. The molecule has 0 saturated heterocycles. The lowest BCUT2D eigenvalue weighted by molar-refractivity contribution is 0.0969. The van der Waals surface area contributed by atoms with Crippen molar-refractivity contribution in [1.82, 2.24) is 14.5 Å². The van der Waals surface area contributed by atoms with E-state index in [4.69, 9.17) is 5.73 Å². The van der Waals surface area contributed by atoms with Gasteiger partial charge in [0.25, 0.3) is 15.9 Å². The number of nitrogen functional groups attached to an aromatic ring is 1. The molecule has 158 valence electrons. The highest BCUT2D eigenvalue weighted by atomic mass is 32.2. The number of nitrogens with one attached hydrogen (secondary N) is 1. The number of sulfonamides is 1. The Morgan fingerprint density at radius 2 is 1.73 bits per heavy atom. The third-order valence-corrected chi connectivity index (χ3v) is 6.11. The lowest BCUT2D eigenvalue weighted by Gasteiger charge is -2.17. The Bertz CT molecular complexity index is 1160. The molecule has 1 heterocycles. The molecule has 1 unspecified atom stereocenters. The molecule has 1 aromatic heterocycles. The Kier molecular flexibility index (Phi) is 5.72. The first-order valence-electron chi connectivity index (χ1n) is 9.57. The topological polar surface area (TPSA) is 107 Å². The lowest BCUT2D eigenvalue weighted by Crippen LogP contribution is -2.33. The zero-order valence-corrected chi connectivity index (χ0v) is 18.3. The van der Waals surface area contributed by atoms with Gasteiger partial charge < -0.3 is 5.73 Å². The smallest absolute Gasteiger partial charge is 0.283 e. The van der Waals surface area contributed by atoms with Gasteiger partial charge in [0.15, 0.2) is 0 Å². The average Bonchev–Trinajstić information content (AvgIpc) is 3.14. The van der Waals surface area contributed by atoms with Crippen LogP contribution < -0.4 is 10.5 Å². The molecule has 7 nitrogen and oxygen atoms in total. The van der Waals surface area contributed by atoms with Gasteiger partial charge in [-0.25, -0.2) is 13.1 Å². The van der Waals surface area contributed by atoms with Crippen molar-refractivity contribution in [2.24, 2.45) is 0 Å². The van der Waals surface area contributed by atoms with Crippen LogP contribution in [-0.4, -0.2) is 24.1 Å². The molecule has 0 radical (unpaired) electrons. The van der Waals surface area contributed by atoms with Crippen molar-refractivity contribution in [3.63, 3.8) is 0 Å². The number of carbonyl (C=O) groups excluding carboxylic acids is 1. The highest BCUT2D eigenvalue weighted by Gasteiger charge is 2.28. The molecule has 0 aliphatic heterocycles. The van der Waals surface area contributed by atoms with Gasteiger partial charge in [0, 0.05) is 11.1 Å². The van der Waals surface area contributed by atoms with Gasteiger partial charge in [0.1, 0.15) is 5.69 Å². The van der Waals surface area contributed by atoms with Gasteiger partial charge in [0.05, 0.1) is 16.6 Å². The molecule has 1 amide bonds. The summed E-state index contributed by atoms with van der Waals surface area (Å²) >= 11 is 0. The number of carbonyl (C=O) groups is 1. The number of anilines is 1. The second kappa shape index (κ2) is 7.95. The fourth-order valence-electron chi connectivity index (χ4n) is 3.01. The average molecular weight is 427 g/mol. The lowest BCUT2D eigenvalue weighted by atomic mass is 9.92. The Hall–Kier alpha value is -3.13. The van der Waals surface area contributed by atoms with Crippen molar-refractivity contribution >= 4 is 21.6 Å². The van der Waals surface area contributed by atoms with E-state index < -0.39 is 15.9 Å².